The summed E-state index contributed by atoms with van der Waals surface area (Å²) in [5.74, 6) is 5.21. The molecule has 5 amide bonds. The van der Waals surface area contributed by atoms with Crippen molar-refractivity contribution < 1.29 is 33.0 Å². The first-order chi connectivity index (χ1) is 23.7. The number of alkyl halides is 1. The van der Waals surface area contributed by atoms with E-state index in [4.69, 9.17) is 15.2 Å². The van der Waals surface area contributed by atoms with Crippen molar-refractivity contribution in [1.82, 2.24) is 20.5 Å². The lowest BCUT2D eigenvalue weighted by molar-refractivity contribution is -0.124. The molecule has 0 saturated carbocycles. The van der Waals surface area contributed by atoms with Gasteiger partial charge in [-0.1, -0.05) is 37.0 Å². The van der Waals surface area contributed by atoms with Gasteiger partial charge >= 0.3 is 6.03 Å². The van der Waals surface area contributed by atoms with Crippen molar-refractivity contribution >= 4 is 40.2 Å². The molecule has 2 aromatic carbocycles. The van der Waals surface area contributed by atoms with Gasteiger partial charge in [-0.05, 0) is 56.1 Å². The first kappa shape index (κ1) is 33.7. The molecule has 3 aliphatic rings. The maximum atomic E-state index is 14.4. The largest absolute Gasteiger partial charge is 0.496 e. The Labute approximate surface area is 283 Å². The zero-order valence-corrected chi connectivity index (χ0v) is 27.5. The Hall–Kier alpha value is -5.22. The number of carbonyl (C=O) groups excluding carboxylic acids is 4. The summed E-state index contributed by atoms with van der Waals surface area (Å²) < 4.78 is 25.8. The van der Waals surface area contributed by atoms with Crippen LogP contribution in [0.1, 0.15) is 54.1 Å². The number of urea groups is 1. The van der Waals surface area contributed by atoms with Crippen molar-refractivity contribution in [2.24, 2.45) is 17.6 Å². The summed E-state index contributed by atoms with van der Waals surface area (Å²) in [4.78, 5) is 56.9. The molecule has 256 valence electrons. The fourth-order valence-electron chi connectivity index (χ4n) is 6.77. The zero-order valence-electron chi connectivity index (χ0n) is 27.5. The SMILES string of the molecule is CC[C@@H]1[C@H](F)C(=O)N[C@@H]1COc1ncc(C#CC2CCN(Cc3ccccc3N3CCC(=O)NC3=O)CC2)c2cc(C(N)=O)c(OC)cc12. The Morgan fingerprint density at radius 1 is 1.12 bits per heavy atom. The smallest absolute Gasteiger partial charge is 0.328 e. The summed E-state index contributed by atoms with van der Waals surface area (Å²) in [5.41, 5.74) is 8.27. The van der Waals surface area contributed by atoms with E-state index >= 15 is 0 Å². The van der Waals surface area contributed by atoms with Gasteiger partial charge in [0.25, 0.3) is 11.8 Å². The Balaban J connectivity index is 1.18. The average Bonchev–Trinajstić information content (AvgIpc) is 3.38. The molecule has 49 heavy (non-hydrogen) atoms. The summed E-state index contributed by atoms with van der Waals surface area (Å²) >= 11 is 0. The van der Waals surface area contributed by atoms with E-state index in [1.54, 1.807) is 23.2 Å². The van der Waals surface area contributed by atoms with Gasteiger partial charge in [0, 0.05) is 54.0 Å². The van der Waals surface area contributed by atoms with Crippen LogP contribution >= 0.6 is 0 Å². The second-order valence-electron chi connectivity index (χ2n) is 12.5. The van der Waals surface area contributed by atoms with Gasteiger partial charge in [0.05, 0.1) is 24.3 Å². The number of para-hydroxylation sites is 1. The molecular formula is C36H39FN6O6. The highest BCUT2D eigenvalue weighted by Crippen LogP contribution is 2.34. The van der Waals surface area contributed by atoms with E-state index in [1.165, 1.54) is 7.11 Å². The van der Waals surface area contributed by atoms with E-state index < -0.39 is 36.0 Å². The monoisotopic (exact) mass is 670 g/mol. The molecule has 6 rings (SSSR count). The summed E-state index contributed by atoms with van der Waals surface area (Å²) in [5, 5.41) is 6.22. The number of rotatable bonds is 9. The number of imide groups is 1. The quantitative estimate of drug-likeness (QED) is 0.293. The number of hydrogen-bond acceptors (Lipinski definition) is 8. The summed E-state index contributed by atoms with van der Waals surface area (Å²) in [7, 11) is 1.43. The third-order valence-corrected chi connectivity index (χ3v) is 9.51. The molecule has 0 radical (unpaired) electrons. The summed E-state index contributed by atoms with van der Waals surface area (Å²) in [6.07, 6.45) is 2.41. The molecule has 0 aliphatic carbocycles. The minimum atomic E-state index is -1.59. The number of methoxy groups -OCH3 is 1. The molecule has 0 spiro atoms. The normalized spacial score (nSPS) is 21.6. The second-order valence-corrected chi connectivity index (χ2v) is 12.5. The second kappa shape index (κ2) is 14.5. The minimum absolute atomic E-state index is 0.0195. The number of nitrogens with two attached hydrogens (primary N) is 1. The third kappa shape index (κ3) is 7.15. The van der Waals surface area contributed by atoms with Gasteiger partial charge in [-0.25, -0.2) is 14.2 Å². The minimum Gasteiger partial charge on any atom is -0.496 e. The maximum Gasteiger partial charge on any atom is 0.328 e. The van der Waals surface area contributed by atoms with Crippen LogP contribution in [0.4, 0.5) is 14.9 Å². The number of halogens is 1. The van der Waals surface area contributed by atoms with Gasteiger partial charge in [-0.2, -0.15) is 0 Å². The number of hydrogen-bond donors (Lipinski definition) is 3. The van der Waals surface area contributed by atoms with Crippen LogP contribution in [0.2, 0.25) is 0 Å². The molecule has 13 heteroatoms. The Bertz CT molecular complexity index is 1850. The highest BCUT2D eigenvalue weighted by Gasteiger charge is 2.42. The van der Waals surface area contributed by atoms with Gasteiger partial charge in [0.2, 0.25) is 11.8 Å². The first-order valence-corrected chi connectivity index (χ1v) is 16.5. The molecule has 3 saturated heterocycles. The lowest BCUT2D eigenvalue weighted by atomic mass is 9.96. The van der Waals surface area contributed by atoms with E-state index in [0.29, 0.717) is 35.8 Å². The third-order valence-electron chi connectivity index (χ3n) is 9.51. The molecule has 3 aromatic rings. The van der Waals surface area contributed by atoms with E-state index in [9.17, 15) is 23.6 Å². The Morgan fingerprint density at radius 2 is 1.90 bits per heavy atom. The van der Waals surface area contributed by atoms with Crippen LogP contribution in [0.3, 0.4) is 0 Å². The van der Waals surface area contributed by atoms with Gasteiger partial charge in [0.15, 0.2) is 6.17 Å². The van der Waals surface area contributed by atoms with E-state index in [2.05, 4.69) is 32.4 Å². The summed E-state index contributed by atoms with van der Waals surface area (Å²) in [6.45, 7) is 4.48. The van der Waals surface area contributed by atoms with Crippen LogP contribution < -0.4 is 30.7 Å². The number of benzene rings is 2. The summed E-state index contributed by atoms with van der Waals surface area (Å²) in [6, 6.07) is 10.1. The van der Waals surface area contributed by atoms with Gasteiger partial charge in [0.1, 0.15) is 12.4 Å². The van der Waals surface area contributed by atoms with Gasteiger partial charge in [-0.3, -0.25) is 29.5 Å². The molecule has 4 N–H and O–H groups in total. The molecule has 1 aromatic heterocycles. The fourth-order valence-corrected chi connectivity index (χ4v) is 6.77. The highest BCUT2D eigenvalue weighted by molar-refractivity contribution is 6.06. The number of carbonyl (C=O) groups is 4. The van der Waals surface area contributed by atoms with E-state index in [1.807, 2.05) is 31.2 Å². The number of fused-ring (bicyclic) bond motifs is 1. The topological polar surface area (TPSA) is 156 Å². The van der Waals surface area contributed by atoms with Gasteiger partial charge < -0.3 is 20.5 Å². The predicted molar refractivity (Wildman–Crippen MR) is 180 cm³/mol. The number of likely N-dealkylation sites (tertiary alicyclic amines) is 1. The van der Waals surface area contributed by atoms with E-state index in [-0.39, 0.29) is 42.0 Å². The van der Waals surface area contributed by atoms with Crippen LogP contribution in [0.5, 0.6) is 11.6 Å². The highest BCUT2D eigenvalue weighted by atomic mass is 19.1. The Kier molecular flexibility index (Phi) is 9.96. The number of aromatic nitrogens is 1. The maximum absolute atomic E-state index is 14.4. The van der Waals surface area contributed by atoms with E-state index in [0.717, 1.165) is 37.2 Å². The lowest BCUT2D eigenvalue weighted by Gasteiger charge is -2.32. The molecule has 3 atom stereocenters. The zero-order chi connectivity index (χ0) is 34.7. The predicted octanol–water partition coefficient (Wildman–Crippen LogP) is 3.29. The van der Waals surface area contributed by atoms with Crippen molar-refractivity contribution in [2.75, 3.05) is 38.3 Å². The molecule has 12 nitrogen and oxygen atoms in total. The number of nitrogens with one attached hydrogen (secondary N) is 2. The van der Waals surface area contributed by atoms with Crippen molar-refractivity contribution in [1.29, 1.82) is 0 Å². The number of piperidine rings is 1. The fraction of sp³-hybridized carbons (Fsp3) is 0.417. The standard InChI is InChI=1S/C36H39FN6O6/c1-3-24-28(40-34(46)32(24)37)20-49-35-26-17-30(48-2)27(33(38)45)16-25(26)22(18-39-35)9-8-21-10-13-42(14-11-21)19-23-6-4-5-7-29(23)43-15-12-31(44)41-36(43)47/h4-7,16-18,21,24,28,32H,3,10-15,19-20H2,1-2H3,(H2,38,45)(H,40,46)(H,41,44,47)/t24-,28+,32-/m0/s1. The number of amides is 5. The van der Waals surface area contributed by atoms with Crippen LogP contribution in [-0.4, -0.2) is 79.2 Å². The van der Waals surface area contributed by atoms with Crippen molar-refractivity contribution in [3.05, 3.63) is 59.3 Å². The molecule has 4 heterocycles. The first-order valence-electron chi connectivity index (χ1n) is 16.5. The van der Waals surface area contributed by atoms with Crippen LogP contribution in [0.25, 0.3) is 10.8 Å². The molecule has 0 unspecified atom stereocenters. The number of nitrogens with zero attached hydrogens (tertiary/aromatic N) is 3. The van der Waals surface area contributed by atoms with Crippen molar-refractivity contribution in [3.63, 3.8) is 0 Å². The van der Waals surface area contributed by atoms with Crippen LogP contribution in [0, 0.1) is 23.7 Å². The molecular weight excluding hydrogens is 631 g/mol. The average molecular weight is 671 g/mol. The number of primary amides is 1. The van der Waals surface area contributed by atoms with Crippen molar-refractivity contribution in [3.8, 4) is 23.5 Å². The molecule has 3 aliphatic heterocycles. The number of pyridine rings is 1. The van der Waals surface area contributed by atoms with Gasteiger partial charge in [-0.15, -0.1) is 0 Å². The van der Waals surface area contributed by atoms with Crippen LogP contribution in [0.15, 0.2) is 42.6 Å². The molecule has 3 fully saturated rings. The molecule has 0 bridgehead atoms. The Morgan fingerprint density at radius 3 is 2.61 bits per heavy atom. The number of anilines is 1. The van der Waals surface area contributed by atoms with Crippen LogP contribution in [-0.2, 0) is 16.1 Å². The van der Waals surface area contributed by atoms with Crippen molar-refractivity contribution in [2.45, 2.75) is 51.4 Å². The number of ether oxygens (including phenoxy) is 2. The lowest BCUT2D eigenvalue weighted by Crippen LogP contribution is -2.50.